The van der Waals surface area contributed by atoms with Gasteiger partial charge >= 0.3 is 0 Å². The minimum atomic E-state index is -0.357. The van der Waals surface area contributed by atoms with Crippen molar-refractivity contribution in [1.29, 1.82) is 0 Å². The fourth-order valence-corrected chi connectivity index (χ4v) is 1.41. The number of amidine groups is 1. The normalized spacial score (nSPS) is 21.7. The number of rotatable bonds is 4. The molecular formula is C9H17N3O3. The van der Waals surface area contributed by atoms with E-state index in [0.29, 0.717) is 18.3 Å². The Labute approximate surface area is 89.1 Å². The third kappa shape index (κ3) is 4.24. The van der Waals surface area contributed by atoms with Crippen LogP contribution in [-0.4, -0.2) is 56.1 Å². The van der Waals surface area contributed by atoms with Gasteiger partial charge in [0.2, 0.25) is 0 Å². The molecule has 1 unspecified atom stereocenters. The van der Waals surface area contributed by atoms with Crippen LogP contribution in [0.3, 0.4) is 0 Å². The first-order valence-electron chi connectivity index (χ1n) is 4.99. The van der Waals surface area contributed by atoms with Gasteiger partial charge in [0.15, 0.2) is 5.84 Å². The lowest BCUT2D eigenvalue weighted by atomic mass is 10.1. The summed E-state index contributed by atoms with van der Waals surface area (Å²) in [5.74, 6) is 0.943. The van der Waals surface area contributed by atoms with E-state index in [9.17, 15) is 10.1 Å². The summed E-state index contributed by atoms with van der Waals surface area (Å²) in [6.45, 7) is 1.93. The second-order valence-electron chi connectivity index (χ2n) is 3.87. The minimum Gasteiger partial charge on any atom is -0.381 e. The van der Waals surface area contributed by atoms with Crippen molar-refractivity contribution in [2.75, 3.05) is 40.4 Å². The second-order valence-corrected chi connectivity index (χ2v) is 3.87. The molecule has 0 aromatic heterocycles. The third-order valence-corrected chi connectivity index (χ3v) is 2.34. The van der Waals surface area contributed by atoms with Crippen LogP contribution in [0.2, 0.25) is 0 Å². The molecule has 1 aliphatic rings. The van der Waals surface area contributed by atoms with E-state index in [-0.39, 0.29) is 11.5 Å². The summed E-state index contributed by atoms with van der Waals surface area (Å²) >= 11 is 0. The molecule has 1 saturated heterocycles. The van der Waals surface area contributed by atoms with Gasteiger partial charge in [-0.2, -0.15) is 0 Å². The molecule has 0 spiro atoms. The lowest BCUT2D eigenvalue weighted by Gasteiger charge is -2.13. The zero-order valence-electron chi connectivity index (χ0n) is 9.18. The van der Waals surface area contributed by atoms with E-state index in [4.69, 9.17) is 4.74 Å². The first-order valence-corrected chi connectivity index (χ1v) is 4.99. The van der Waals surface area contributed by atoms with Crippen molar-refractivity contribution in [2.24, 2.45) is 10.9 Å². The molecule has 1 aliphatic heterocycles. The standard InChI is InChI=1S/C9H17N3O3/c1-11(2)9(6-12(13)14)10-5-8-3-4-15-7-8/h8H,3-7H2,1-2H3. The van der Waals surface area contributed by atoms with E-state index >= 15 is 0 Å². The van der Waals surface area contributed by atoms with Crippen molar-refractivity contribution in [3.63, 3.8) is 0 Å². The Hall–Kier alpha value is -1.17. The summed E-state index contributed by atoms with van der Waals surface area (Å²) in [5, 5.41) is 10.4. The smallest absolute Gasteiger partial charge is 0.260 e. The van der Waals surface area contributed by atoms with Crippen LogP contribution in [0.5, 0.6) is 0 Å². The van der Waals surface area contributed by atoms with Crippen molar-refractivity contribution in [3.8, 4) is 0 Å². The largest absolute Gasteiger partial charge is 0.381 e. The SMILES string of the molecule is CN(C)C(C[N+](=O)[O-])=NCC1CCOC1. The van der Waals surface area contributed by atoms with E-state index in [1.165, 1.54) is 0 Å². The molecule has 86 valence electrons. The van der Waals surface area contributed by atoms with Crippen molar-refractivity contribution >= 4 is 5.84 Å². The molecule has 0 aromatic rings. The maximum absolute atomic E-state index is 10.4. The van der Waals surface area contributed by atoms with Crippen LogP contribution in [0.25, 0.3) is 0 Å². The average Bonchev–Trinajstić information content (AvgIpc) is 2.63. The van der Waals surface area contributed by atoms with Crippen LogP contribution in [0.1, 0.15) is 6.42 Å². The first-order chi connectivity index (χ1) is 7.09. The molecule has 0 N–H and O–H groups in total. The number of aliphatic imine (C=N–C) groups is 1. The molecule has 0 saturated carbocycles. The average molecular weight is 215 g/mol. The van der Waals surface area contributed by atoms with Gasteiger partial charge in [-0.15, -0.1) is 0 Å². The molecule has 0 aliphatic carbocycles. The van der Waals surface area contributed by atoms with Gasteiger partial charge < -0.3 is 9.64 Å². The van der Waals surface area contributed by atoms with Gasteiger partial charge in [-0.25, -0.2) is 0 Å². The fourth-order valence-electron chi connectivity index (χ4n) is 1.41. The summed E-state index contributed by atoms with van der Waals surface area (Å²) in [7, 11) is 3.54. The van der Waals surface area contributed by atoms with Crippen LogP contribution in [0.4, 0.5) is 0 Å². The highest BCUT2D eigenvalue weighted by Gasteiger charge is 2.16. The Kier molecular flexibility index (Phi) is 4.48. The van der Waals surface area contributed by atoms with Gasteiger partial charge in [-0.05, 0) is 6.42 Å². The van der Waals surface area contributed by atoms with Gasteiger partial charge in [-0.3, -0.25) is 15.1 Å². The van der Waals surface area contributed by atoms with Gasteiger partial charge in [-0.1, -0.05) is 0 Å². The molecule has 0 bridgehead atoms. The van der Waals surface area contributed by atoms with E-state index in [1.807, 2.05) is 0 Å². The fraction of sp³-hybridized carbons (Fsp3) is 0.889. The zero-order chi connectivity index (χ0) is 11.3. The second kappa shape index (κ2) is 5.65. The number of nitrogens with zero attached hydrogens (tertiary/aromatic N) is 3. The number of hydrogen-bond donors (Lipinski definition) is 0. The predicted octanol–water partition coefficient (Wildman–Crippen LogP) is 0.260. The first kappa shape index (κ1) is 11.9. The predicted molar refractivity (Wildman–Crippen MR) is 56.8 cm³/mol. The molecular weight excluding hydrogens is 198 g/mol. The Morgan fingerprint density at radius 1 is 1.67 bits per heavy atom. The number of nitro groups is 1. The van der Waals surface area contributed by atoms with Crippen LogP contribution in [0.15, 0.2) is 4.99 Å². The van der Waals surface area contributed by atoms with E-state index in [1.54, 1.807) is 19.0 Å². The summed E-state index contributed by atoms with van der Waals surface area (Å²) < 4.78 is 5.21. The summed E-state index contributed by atoms with van der Waals surface area (Å²) in [4.78, 5) is 16.0. The molecule has 0 radical (unpaired) electrons. The molecule has 1 rings (SSSR count). The lowest BCUT2D eigenvalue weighted by Crippen LogP contribution is -2.30. The Morgan fingerprint density at radius 3 is 2.87 bits per heavy atom. The van der Waals surface area contributed by atoms with E-state index in [2.05, 4.69) is 4.99 Å². The van der Waals surface area contributed by atoms with Gasteiger partial charge in [0.05, 0.1) is 6.61 Å². The van der Waals surface area contributed by atoms with Crippen molar-refractivity contribution in [3.05, 3.63) is 10.1 Å². The minimum absolute atomic E-state index is 0.208. The Morgan fingerprint density at radius 2 is 2.40 bits per heavy atom. The molecule has 15 heavy (non-hydrogen) atoms. The molecule has 0 amide bonds. The molecule has 1 atom stereocenters. The highest BCUT2D eigenvalue weighted by molar-refractivity contribution is 5.82. The maximum atomic E-state index is 10.4. The summed E-state index contributed by atoms with van der Waals surface area (Å²) in [6.07, 6.45) is 1.00. The zero-order valence-corrected chi connectivity index (χ0v) is 9.18. The van der Waals surface area contributed by atoms with Gasteiger partial charge in [0.25, 0.3) is 6.54 Å². The van der Waals surface area contributed by atoms with Crippen LogP contribution < -0.4 is 0 Å². The maximum Gasteiger partial charge on any atom is 0.260 e. The van der Waals surface area contributed by atoms with Crippen molar-refractivity contribution in [1.82, 2.24) is 4.90 Å². The molecule has 0 aromatic carbocycles. The molecule has 6 nitrogen and oxygen atoms in total. The van der Waals surface area contributed by atoms with Crippen LogP contribution in [-0.2, 0) is 4.74 Å². The number of hydrogen-bond acceptors (Lipinski definition) is 4. The van der Waals surface area contributed by atoms with E-state index < -0.39 is 0 Å². The lowest BCUT2D eigenvalue weighted by molar-refractivity contribution is -0.464. The molecule has 1 fully saturated rings. The molecule has 6 heteroatoms. The third-order valence-electron chi connectivity index (χ3n) is 2.34. The number of likely N-dealkylation sites (N-methyl/N-ethyl adjacent to an activating group) is 1. The summed E-state index contributed by atoms with van der Waals surface area (Å²) in [5.41, 5.74) is 0. The van der Waals surface area contributed by atoms with Gasteiger partial charge in [0, 0.05) is 38.1 Å². The monoisotopic (exact) mass is 215 g/mol. The van der Waals surface area contributed by atoms with Crippen molar-refractivity contribution < 1.29 is 9.66 Å². The van der Waals surface area contributed by atoms with Crippen LogP contribution >= 0.6 is 0 Å². The van der Waals surface area contributed by atoms with E-state index in [0.717, 1.165) is 19.6 Å². The molecule has 1 heterocycles. The topological polar surface area (TPSA) is 68.0 Å². The quantitative estimate of drug-likeness (QED) is 0.292. The summed E-state index contributed by atoms with van der Waals surface area (Å²) in [6, 6.07) is 0. The van der Waals surface area contributed by atoms with Crippen molar-refractivity contribution in [2.45, 2.75) is 6.42 Å². The highest BCUT2D eigenvalue weighted by atomic mass is 16.6. The highest BCUT2D eigenvalue weighted by Crippen LogP contribution is 2.12. The Balaban J connectivity index is 2.46. The van der Waals surface area contributed by atoms with Gasteiger partial charge in [0.1, 0.15) is 0 Å². The van der Waals surface area contributed by atoms with Crippen LogP contribution in [0, 0.1) is 16.0 Å². The Bertz CT molecular complexity index is 247. The number of ether oxygens (including phenoxy) is 1.